The Labute approximate surface area is 141 Å². The molecule has 1 amide bonds. The molecule has 0 bridgehead atoms. The molecule has 0 radical (unpaired) electrons. The molecule has 3 nitrogen and oxygen atoms in total. The van der Waals surface area contributed by atoms with Crippen LogP contribution in [0.15, 0.2) is 24.3 Å². The molecule has 134 valence electrons. The number of benzene rings is 1. The Bertz CT molecular complexity index is 540. The van der Waals surface area contributed by atoms with Gasteiger partial charge in [-0.3, -0.25) is 9.69 Å². The molecule has 2 rings (SSSR count). The number of halogens is 3. The number of nitrogens with zero attached hydrogens (tertiary/aromatic N) is 2. The van der Waals surface area contributed by atoms with E-state index in [-0.39, 0.29) is 5.91 Å². The smallest absolute Gasteiger partial charge is 0.341 e. The Morgan fingerprint density at radius 3 is 2.33 bits per heavy atom. The molecule has 0 aliphatic carbocycles. The van der Waals surface area contributed by atoms with E-state index in [1.165, 1.54) is 12.1 Å². The standard InChI is InChI=1S/C18H25F3N2O/c1-14(2)12-17(24)23-9-3-8-22(10-11-23)13-15-4-6-16(7-5-15)18(19,20)21/h4-7,14H,3,8-13H2,1-2H3. The molecule has 0 unspecified atom stereocenters. The molecule has 1 heterocycles. The van der Waals surface area contributed by atoms with E-state index >= 15 is 0 Å². The van der Waals surface area contributed by atoms with Gasteiger partial charge in [-0.25, -0.2) is 0 Å². The van der Waals surface area contributed by atoms with E-state index in [1.807, 2.05) is 18.7 Å². The summed E-state index contributed by atoms with van der Waals surface area (Å²) in [5.74, 6) is 0.547. The Balaban J connectivity index is 1.89. The van der Waals surface area contributed by atoms with E-state index in [2.05, 4.69) is 4.90 Å². The van der Waals surface area contributed by atoms with Gasteiger partial charge in [-0.2, -0.15) is 13.2 Å². The maximum absolute atomic E-state index is 12.6. The fourth-order valence-electron chi connectivity index (χ4n) is 2.91. The summed E-state index contributed by atoms with van der Waals surface area (Å²) in [6, 6.07) is 5.34. The van der Waals surface area contributed by atoms with Crippen LogP contribution in [0.4, 0.5) is 13.2 Å². The molecule has 24 heavy (non-hydrogen) atoms. The molecule has 0 spiro atoms. The highest BCUT2D eigenvalue weighted by molar-refractivity contribution is 5.76. The SMILES string of the molecule is CC(C)CC(=O)N1CCCN(Cc2ccc(C(F)(F)F)cc2)CC1. The van der Waals surface area contributed by atoms with Crippen molar-refractivity contribution in [2.75, 3.05) is 26.2 Å². The zero-order valence-electron chi connectivity index (χ0n) is 14.3. The number of carbonyl (C=O) groups is 1. The van der Waals surface area contributed by atoms with Crippen molar-refractivity contribution in [1.82, 2.24) is 9.80 Å². The Morgan fingerprint density at radius 2 is 1.75 bits per heavy atom. The molecular weight excluding hydrogens is 317 g/mol. The van der Waals surface area contributed by atoms with Gasteiger partial charge in [0, 0.05) is 39.1 Å². The van der Waals surface area contributed by atoms with Gasteiger partial charge in [0.05, 0.1) is 5.56 Å². The fraction of sp³-hybridized carbons (Fsp3) is 0.611. The molecule has 1 saturated heterocycles. The van der Waals surface area contributed by atoms with Gasteiger partial charge >= 0.3 is 6.18 Å². The van der Waals surface area contributed by atoms with Crippen LogP contribution in [0.5, 0.6) is 0 Å². The highest BCUT2D eigenvalue weighted by Gasteiger charge is 2.30. The van der Waals surface area contributed by atoms with Gasteiger partial charge in [0.2, 0.25) is 5.91 Å². The average molecular weight is 342 g/mol. The van der Waals surface area contributed by atoms with Gasteiger partial charge in [0.15, 0.2) is 0 Å². The summed E-state index contributed by atoms with van der Waals surface area (Å²) in [4.78, 5) is 16.3. The van der Waals surface area contributed by atoms with Crippen molar-refractivity contribution < 1.29 is 18.0 Å². The van der Waals surface area contributed by atoms with Gasteiger partial charge in [-0.1, -0.05) is 26.0 Å². The molecule has 1 aliphatic rings. The number of rotatable bonds is 4. The first kappa shape index (κ1) is 18.8. The first-order valence-corrected chi connectivity index (χ1v) is 8.42. The normalized spacial score (nSPS) is 17.2. The van der Waals surface area contributed by atoms with E-state index in [1.54, 1.807) is 0 Å². The van der Waals surface area contributed by atoms with E-state index in [4.69, 9.17) is 0 Å². The van der Waals surface area contributed by atoms with Crippen LogP contribution in [0.3, 0.4) is 0 Å². The summed E-state index contributed by atoms with van der Waals surface area (Å²) in [6.45, 7) is 7.74. The third-order valence-corrected chi connectivity index (χ3v) is 4.21. The molecule has 1 aromatic carbocycles. The van der Waals surface area contributed by atoms with Crippen LogP contribution in [-0.2, 0) is 17.5 Å². The third kappa shape index (κ3) is 5.51. The van der Waals surface area contributed by atoms with Crippen molar-refractivity contribution in [1.29, 1.82) is 0 Å². The largest absolute Gasteiger partial charge is 0.416 e. The Hall–Kier alpha value is -1.56. The summed E-state index contributed by atoms with van der Waals surface area (Å²) in [7, 11) is 0. The first-order valence-electron chi connectivity index (χ1n) is 8.42. The van der Waals surface area contributed by atoms with Crippen molar-refractivity contribution >= 4 is 5.91 Å². The second-order valence-corrected chi connectivity index (χ2v) is 6.80. The summed E-state index contributed by atoms with van der Waals surface area (Å²) in [6.07, 6.45) is -2.83. The van der Waals surface area contributed by atoms with E-state index in [0.29, 0.717) is 25.4 Å². The van der Waals surface area contributed by atoms with Crippen LogP contribution in [0.2, 0.25) is 0 Å². The van der Waals surface area contributed by atoms with Crippen LogP contribution in [-0.4, -0.2) is 41.9 Å². The average Bonchev–Trinajstić information content (AvgIpc) is 2.72. The van der Waals surface area contributed by atoms with Gasteiger partial charge in [-0.15, -0.1) is 0 Å². The fourth-order valence-corrected chi connectivity index (χ4v) is 2.91. The number of amides is 1. The van der Waals surface area contributed by atoms with Crippen LogP contribution >= 0.6 is 0 Å². The van der Waals surface area contributed by atoms with Gasteiger partial charge < -0.3 is 4.90 Å². The van der Waals surface area contributed by atoms with Gasteiger partial charge in [0.25, 0.3) is 0 Å². The van der Waals surface area contributed by atoms with E-state index in [0.717, 1.165) is 43.8 Å². The summed E-state index contributed by atoms with van der Waals surface area (Å²) >= 11 is 0. The molecule has 0 saturated carbocycles. The van der Waals surface area contributed by atoms with Crippen molar-refractivity contribution in [3.8, 4) is 0 Å². The van der Waals surface area contributed by atoms with Crippen LogP contribution in [0.1, 0.15) is 37.8 Å². The highest BCUT2D eigenvalue weighted by Crippen LogP contribution is 2.29. The monoisotopic (exact) mass is 342 g/mol. The predicted molar refractivity (Wildman–Crippen MR) is 87.4 cm³/mol. The van der Waals surface area contributed by atoms with Gasteiger partial charge in [0.1, 0.15) is 0 Å². The summed E-state index contributed by atoms with van der Waals surface area (Å²) in [5.41, 5.74) is 0.248. The molecular formula is C18H25F3N2O. The number of hydrogen-bond donors (Lipinski definition) is 0. The van der Waals surface area contributed by atoms with Crippen LogP contribution in [0.25, 0.3) is 0 Å². The van der Waals surface area contributed by atoms with Crippen LogP contribution in [0, 0.1) is 5.92 Å². The molecule has 6 heteroatoms. The second kappa shape index (κ2) is 8.01. The van der Waals surface area contributed by atoms with Crippen LogP contribution < -0.4 is 0 Å². The maximum atomic E-state index is 12.6. The molecule has 0 aromatic heterocycles. The lowest BCUT2D eigenvalue weighted by Crippen LogP contribution is -2.35. The quantitative estimate of drug-likeness (QED) is 0.831. The maximum Gasteiger partial charge on any atom is 0.416 e. The molecule has 1 aliphatic heterocycles. The molecule has 1 fully saturated rings. The predicted octanol–water partition coefficient (Wildman–Crippen LogP) is 3.79. The van der Waals surface area contributed by atoms with Crippen molar-refractivity contribution in [3.05, 3.63) is 35.4 Å². The molecule has 0 atom stereocenters. The lowest BCUT2D eigenvalue weighted by Gasteiger charge is -2.23. The number of alkyl halides is 3. The highest BCUT2D eigenvalue weighted by atomic mass is 19.4. The van der Waals surface area contributed by atoms with Crippen molar-refractivity contribution in [3.63, 3.8) is 0 Å². The lowest BCUT2D eigenvalue weighted by molar-refractivity contribution is -0.137. The Morgan fingerprint density at radius 1 is 1.08 bits per heavy atom. The Kier molecular flexibility index (Phi) is 6.27. The zero-order valence-corrected chi connectivity index (χ0v) is 14.3. The minimum atomic E-state index is -4.29. The topological polar surface area (TPSA) is 23.6 Å². The molecule has 1 aromatic rings. The molecule has 0 N–H and O–H groups in total. The summed E-state index contributed by atoms with van der Waals surface area (Å²) in [5, 5.41) is 0. The minimum absolute atomic E-state index is 0.196. The zero-order chi connectivity index (χ0) is 17.7. The minimum Gasteiger partial charge on any atom is -0.341 e. The first-order chi connectivity index (χ1) is 11.3. The summed E-state index contributed by atoms with van der Waals surface area (Å²) < 4.78 is 37.8. The number of carbonyl (C=O) groups excluding carboxylic acids is 1. The van der Waals surface area contributed by atoms with Crippen molar-refractivity contribution in [2.45, 2.75) is 39.4 Å². The van der Waals surface area contributed by atoms with Gasteiger partial charge in [-0.05, 0) is 30.0 Å². The lowest BCUT2D eigenvalue weighted by atomic mass is 10.1. The number of hydrogen-bond acceptors (Lipinski definition) is 2. The van der Waals surface area contributed by atoms with Crippen molar-refractivity contribution in [2.24, 2.45) is 5.92 Å². The third-order valence-electron chi connectivity index (χ3n) is 4.21. The van der Waals surface area contributed by atoms with E-state index < -0.39 is 11.7 Å². The second-order valence-electron chi connectivity index (χ2n) is 6.80. The van der Waals surface area contributed by atoms with E-state index in [9.17, 15) is 18.0 Å².